The number of carbonyl (C=O) groups excluding carboxylic acids is 1. The normalized spacial score (nSPS) is 22.8. The predicted molar refractivity (Wildman–Crippen MR) is 120 cm³/mol. The van der Waals surface area contributed by atoms with Gasteiger partial charge in [0.05, 0.1) is 36.3 Å². The fourth-order valence-electron chi connectivity index (χ4n) is 5.36. The molecule has 1 amide bonds. The van der Waals surface area contributed by atoms with Crippen LogP contribution in [0.1, 0.15) is 55.0 Å². The number of piperidine rings is 1. The lowest BCUT2D eigenvalue weighted by molar-refractivity contribution is -0.143. The maximum absolute atomic E-state index is 13.8. The number of likely N-dealkylation sites (tertiary alicyclic amines) is 1. The van der Waals surface area contributed by atoms with Crippen LogP contribution in [0.15, 0.2) is 42.9 Å². The van der Waals surface area contributed by atoms with E-state index in [0.717, 1.165) is 41.9 Å². The second-order valence-electron chi connectivity index (χ2n) is 9.34. The van der Waals surface area contributed by atoms with Gasteiger partial charge in [0.15, 0.2) is 17.5 Å². The molecule has 2 aromatic carbocycles. The predicted octanol–water partition coefficient (Wildman–Crippen LogP) is 5.46. The molecule has 1 aliphatic heterocycles. The maximum Gasteiger partial charge on any atom is 0.229 e. The van der Waals surface area contributed by atoms with E-state index in [9.17, 15) is 18.0 Å². The number of aryl methyl sites for hydroxylation is 1. The minimum absolute atomic E-state index is 0.0188. The number of hydrogen-bond acceptors (Lipinski definition) is 3. The van der Waals surface area contributed by atoms with Crippen LogP contribution >= 0.6 is 0 Å². The van der Waals surface area contributed by atoms with Gasteiger partial charge in [-0.2, -0.15) is 0 Å². The van der Waals surface area contributed by atoms with Crippen LogP contribution in [0.3, 0.4) is 0 Å². The Morgan fingerprint density at radius 3 is 2.56 bits per heavy atom. The Morgan fingerprint density at radius 1 is 1.18 bits per heavy atom. The summed E-state index contributed by atoms with van der Waals surface area (Å²) in [4.78, 5) is 19.6. The van der Waals surface area contributed by atoms with Crippen LogP contribution in [0.25, 0.3) is 5.69 Å². The number of rotatable bonds is 5. The summed E-state index contributed by atoms with van der Waals surface area (Å²) in [6.07, 6.45) is 5.92. The van der Waals surface area contributed by atoms with Gasteiger partial charge in [-0.1, -0.05) is 6.07 Å². The Morgan fingerprint density at radius 2 is 1.91 bits per heavy atom. The number of halogens is 3. The molecule has 5 nitrogen and oxygen atoms in total. The Bertz CT molecular complexity index is 1250. The zero-order valence-electron chi connectivity index (χ0n) is 19.3. The largest absolute Gasteiger partial charge is 0.495 e. The summed E-state index contributed by atoms with van der Waals surface area (Å²) in [6, 6.07) is 7.36. The fraction of sp³-hybridized carbons (Fsp3) is 0.385. The molecule has 0 radical (unpaired) electrons. The highest BCUT2D eigenvalue weighted by Crippen LogP contribution is 2.65. The van der Waals surface area contributed by atoms with Gasteiger partial charge in [0.2, 0.25) is 5.91 Å². The molecule has 1 saturated heterocycles. The molecule has 0 N–H and O–H groups in total. The minimum atomic E-state index is -1.50. The van der Waals surface area contributed by atoms with Crippen LogP contribution in [0.4, 0.5) is 13.2 Å². The molecule has 34 heavy (non-hydrogen) atoms. The van der Waals surface area contributed by atoms with E-state index < -0.39 is 28.9 Å². The van der Waals surface area contributed by atoms with Gasteiger partial charge in [-0.05, 0) is 74.4 Å². The van der Waals surface area contributed by atoms with E-state index >= 15 is 0 Å². The lowest BCUT2D eigenvalue weighted by atomic mass is 9.87. The van der Waals surface area contributed by atoms with Crippen molar-refractivity contribution in [1.82, 2.24) is 14.5 Å². The third kappa shape index (κ3) is 3.56. The average molecular weight is 470 g/mol. The second kappa shape index (κ2) is 8.18. The molecule has 5 rings (SSSR count). The Hall–Kier alpha value is -3.29. The molecule has 3 aromatic rings. The minimum Gasteiger partial charge on any atom is -0.495 e. The van der Waals surface area contributed by atoms with Crippen molar-refractivity contribution in [2.45, 2.75) is 45.1 Å². The molecule has 1 aliphatic carbocycles. The van der Waals surface area contributed by atoms with Crippen LogP contribution in [-0.2, 0) is 4.79 Å². The number of hydrogen-bond donors (Lipinski definition) is 0. The zero-order valence-corrected chi connectivity index (χ0v) is 19.3. The molecule has 0 bridgehead atoms. The van der Waals surface area contributed by atoms with Crippen molar-refractivity contribution in [3.63, 3.8) is 0 Å². The van der Waals surface area contributed by atoms with E-state index in [1.807, 2.05) is 35.9 Å². The summed E-state index contributed by atoms with van der Waals surface area (Å²) < 4.78 is 48.6. The zero-order chi connectivity index (χ0) is 24.2. The van der Waals surface area contributed by atoms with Crippen LogP contribution in [0.5, 0.6) is 5.75 Å². The van der Waals surface area contributed by atoms with Gasteiger partial charge < -0.3 is 14.2 Å². The van der Waals surface area contributed by atoms with E-state index in [0.29, 0.717) is 18.7 Å². The van der Waals surface area contributed by atoms with E-state index in [1.165, 1.54) is 0 Å². The number of amides is 1. The lowest BCUT2D eigenvalue weighted by Crippen LogP contribution is -2.44. The molecule has 2 fully saturated rings. The van der Waals surface area contributed by atoms with Gasteiger partial charge in [-0.3, -0.25) is 4.79 Å². The monoisotopic (exact) mass is 469 g/mol. The molecule has 1 saturated carbocycles. The van der Waals surface area contributed by atoms with Gasteiger partial charge in [-0.15, -0.1) is 0 Å². The molecule has 8 heteroatoms. The van der Waals surface area contributed by atoms with Crippen molar-refractivity contribution < 1.29 is 22.7 Å². The first-order valence-electron chi connectivity index (χ1n) is 11.4. The Kier molecular flexibility index (Phi) is 5.41. The van der Waals surface area contributed by atoms with Crippen LogP contribution < -0.4 is 4.74 Å². The smallest absolute Gasteiger partial charge is 0.229 e. The number of imidazole rings is 1. The molecule has 1 spiro atoms. The van der Waals surface area contributed by atoms with Crippen molar-refractivity contribution in [2.75, 3.05) is 13.7 Å². The Labute approximate surface area is 196 Å². The topological polar surface area (TPSA) is 47.4 Å². The highest BCUT2D eigenvalue weighted by molar-refractivity contribution is 5.88. The van der Waals surface area contributed by atoms with E-state index in [2.05, 4.69) is 4.98 Å². The van der Waals surface area contributed by atoms with E-state index in [4.69, 9.17) is 4.74 Å². The number of carbonyl (C=O) groups is 1. The number of methoxy groups -OCH3 is 1. The highest BCUT2D eigenvalue weighted by Gasteiger charge is 2.62. The molecule has 2 aliphatic rings. The highest BCUT2D eigenvalue weighted by atomic mass is 19.2. The van der Waals surface area contributed by atoms with Crippen molar-refractivity contribution in [2.24, 2.45) is 5.41 Å². The lowest BCUT2D eigenvalue weighted by Gasteiger charge is -2.38. The fourth-order valence-corrected chi connectivity index (χ4v) is 5.36. The SMILES string of the molecule is COc1cc(C2CC23CCCN(C(C)c2cc(F)c(F)c(F)c2)C3=O)ccc1-n1cnc(C)c1. The van der Waals surface area contributed by atoms with Crippen LogP contribution in [0.2, 0.25) is 0 Å². The van der Waals surface area contributed by atoms with Crippen molar-refractivity contribution in [1.29, 1.82) is 0 Å². The van der Waals surface area contributed by atoms with E-state index in [-0.39, 0.29) is 17.4 Å². The number of nitrogens with zero attached hydrogens (tertiary/aromatic N) is 3. The summed E-state index contributed by atoms with van der Waals surface area (Å²) in [5.41, 5.74) is 2.52. The maximum atomic E-state index is 13.8. The standard InChI is InChI=1S/C26H26F3N3O2/c1-15-13-31(14-30-15)22-6-5-17(11-23(22)34-3)19-12-26(19)7-4-8-32(25(26)33)16(2)18-9-20(27)24(29)21(28)10-18/h5-6,9-11,13-14,16,19H,4,7-8,12H2,1-3H3. The molecule has 2 heterocycles. The van der Waals surface area contributed by atoms with Gasteiger partial charge in [0, 0.05) is 12.7 Å². The van der Waals surface area contributed by atoms with Crippen LogP contribution in [-0.4, -0.2) is 34.0 Å². The average Bonchev–Trinajstić information content (AvgIpc) is 3.39. The third-order valence-electron chi connectivity index (χ3n) is 7.34. The van der Waals surface area contributed by atoms with Crippen LogP contribution in [0, 0.1) is 29.8 Å². The Balaban J connectivity index is 1.40. The molecule has 1 aromatic heterocycles. The number of benzene rings is 2. The third-order valence-corrected chi connectivity index (χ3v) is 7.34. The van der Waals surface area contributed by atoms with Gasteiger partial charge in [0.25, 0.3) is 0 Å². The van der Waals surface area contributed by atoms with Crippen molar-refractivity contribution >= 4 is 5.91 Å². The molecule has 3 atom stereocenters. The summed E-state index contributed by atoms with van der Waals surface area (Å²) in [7, 11) is 1.62. The first kappa shape index (κ1) is 22.5. The second-order valence-corrected chi connectivity index (χ2v) is 9.34. The molecular weight excluding hydrogens is 443 g/mol. The van der Waals surface area contributed by atoms with E-state index in [1.54, 1.807) is 25.3 Å². The van der Waals surface area contributed by atoms with Gasteiger partial charge in [-0.25, -0.2) is 18.2 Å². The number of ether oxygens (including phenoxy) is 1. The molecular formula is C26H26F3N3O2. The van der Waals surface area contributed by atoms with Crippen molar-refractivity contribution in [3.05, 3.63) is 77.1 Å². The quantitative estimate of drug-likeness (QED) is 0.466. The first-order valence-corrected chi connectivity index (χ1v) is 11.4. The summed E-state index contributed by atoms with van der Waals surface area (Å²) in [6.45, 7) is 4.14. The van der Waals surface area contributed by atoms with Gasteiger partial charge >= 0.3 is 0 Å². The number of aromatic nitrogens is 2. The van der Waals surface area contributed by atoms with Gasteiger partial charge in [0.1, 0.15) is 5.75 Å². The summed E-state index contributed by atoms with van der Waals surface area (Å²) in [5.74, 6) is -3.26. The summed E-state index contributed by atoms with van der Waals surface area (Å²) in [5, 5.41) is 0. The molecule has 178 valence electrons. The molecule has 3 unspecified atom stereocenters. The first-order chi connectivity index (χ1) is 16.2. The van der Waals surface area contributed by atoms with Crippen molar-refractivity contribution in [3.8, 4) is 11.4 Å². The summed E-state index contributed by atoms with van der Waals surface area (Å²) >= 11 is 0.